The molecule has 2 aromatic rings. The second-order valence-electron chi connectivity index (χ2n) is 4.80. The molecule has 0 N–H and O–H groups in total. The van der Waals surface area contributed by atoms with Gasteiger partial charge in [-0.1, -0.05) is 13.8 Å². The molecule has 0 saturated heterocycles. The molecule has 0 unspecified atom stereocenters. The molecule has 2 rings (SSSR count). The van der Waals surface area contributed by atoms with E-state index >= 15 is 0 Å². The van der Waals surface area contributed by atoms with E-state index < -0.39 is 0 Å². The zero-order chi connectivity index (χ0) is 11.2. The van der Waals surface area contributed by atoms with Gasteiger partial charge in [0.05, 0.1) is 0 Å². The fourth-order valence-electron chi connectivity index (χ4n) is 2.13. The summed E-state index contributed by atoms with van der Waals surface area (Å²) in [5, 5.41) is 1.41. The molecule has 80 valence electrons. The molecule has 1 heteroatoms. The van der Waals surface area contributed by atoms with Gasteiger partial charge in [-0.25, -0.2) is 0 Å². The van der Waals surface area contributed by atoms with Crippen LogP contribution in [0, 0.1) is 13.8 Å². The molecule has 0 aliphatic rings. The van der Waals surface area contributed by atoms with Crippen LogP contribution in [0.2, 0.25) is 0 Å². The van der Waals surface area contributed by atoms with Crippen molar-refractivity contribution in [1.82, 2.24) is 4.57 Å². The smallest absolute Gasteiger partial charge is 0.0483 e. The number of nitrogens with zero attached hydrogens (tertiary/aromatic N) is 1. The zero-order valence-electron chi connectivity index (χ0n) is 10.3. The van der Waals surface area contributed by atoms with Crippen LogP contribution < -0.4 is 0 Å². The van der Waals surface area contributed by atoms with Crippen LogP contribution in [0.4, 0.5) is 0 Å². The predicted molar refractivity (Wildman–Crippen MR) is 66.5 cm³/mol. The van der Waals surface area contributed by atoms with Crippen molar-refractivity contribution in [2.45, 2.75) is 33.6 Å². The van der Waals surface area contributed by atoms with Crippen molar-refractivity contribution >= 4 is 10.9 Å². The number of hydrogen-bond acceptors (Lipinski definition) is 0. The lowest BCUT2D eigenvalue weighted by molar-refractivity contribution is 0.857. The molecule has 0 atom stereocenters. The van der Waals surface area contributed by atoms with E-state index in [0.717, 1.165) is 0 Å². The van der Waals surface area contributed by atoms with E-state index in [2.05, 4.69) is 57.6 Å². The first-order valence-corrected chi connectivity index (χ1v) is 5.57. The largest absolute Gasteiger partial charge is 0.350 e. The number of benzene rings is 1. The molecular weight excluding hydrogens is 182 g/mol. The van der Waals surface area contributed by atoms with Gasteiger partial charge in [0.2, 0.25) is 0 Å². The average Bonchev–Trinajstić information content (AvgIpc) is 2.45. The van der Waals surface area contributed by atoms with E-state index in [-0.39, 0.29) is 0 Å². The van der Waals surface area contributed by atoms with Gasteiger partial charge in [-0.3, -0.25) is 0 Å². The number of rotatable bonds is 1. The Kier molecular flexibility index (Phi) is 2.34. The third-order valence-corrected chi connectivity index (χ3v) is 3.26. The van der Waals surface area contributed by atoms with E-state index in [1.165, 1.54) is 27.6 Å². The average molecular weight is 201 g/mol. The highest BCUT2D eigenvalue weighted by molar-refractivity contribution is 5.86. The lowest BCUT2D eigenvalue weighted by atomic mass is 9.99. The molecule has 1 nitrogen and oxygen atoms in total. The summed E-state index contributed by atoms with van der Waals surface area (Å²) in [5.74, 6) is 0.593. The minimum Gasteiger partial charge on any atom is -0.350 e. The molecule has 1 heterocycles. The highest BCUT2D eigenvalue weighted by atomic mass is 14.9. The van der Waals surface area contributed by atoms with Crippen LogP contribution in [0.3, 0.4) is 0 Å². The molecule has 15 heavy (non-hydrogen) atoms. The molecule has 0 aliphatic heterocycles. The minimum atomic E-state index is 0.593. The highest BCUT2D eigenvalue weighted by Crippen LogP contribution is 2.28. The Labute approximate surface area is 91.7 Å². The minimum absolute atomic E-state index is 0.593. The van der Waals surface area contributed by atoms with Gasteiger partial charge < -0.3 is 4.57 Å². The molecule has 0 saturated carbocycles. The van der Waals surface area contributed by atoms with Crippen LogP contribution in [-0.2, 0) is 7.05 Å². The van der Waals surface area contributed by atoms with Crippen LogP contribution in [0.25, 0.3) is 10.9 Å². The van der Waals surface area contributed by atoms with E-state index in [0.29, 0.717) is 5.92 Å². The van der Waals surface area contributed by atoms with Gasteiger partial charge in [-0.15, -0.1) is 0 Å². The number of aryl methyl sites for hydroxylation is 3. The Balaban J connectivity index is 2.82. The maximum Gasteiger partial charge on any atom is 0.0483 e. The van der Waals surface area contributed by atoms with E-state index in [1.807, 2.05) is 0 Å². The Morgan fingerprint density at radius 1 is 1.07 bits per heavy atom. The second-order valence-corrected chi connectivity index (χ2v) is 4.80. The second kappa shape index (κ2) is 3.41. The first kappa shape index (κ1) is 10.3. The summed E-state index contributed by atoms with van der Waals surface area (Å²) in [7, 11) is 2.13. The van der Waals surface area contributed by atoms with Crippen LogP contribution in [0.5, 0.6) is 0 Å². The molecule has 0 aliphatic carbocycles. The van der Waals surface area contributed by atoms with Crippen LogP contribution in [-0.4, -0.2) is 4.57 Å². The third kappa shape index (κ3) is 1.56. The van der Waals surface area contributed by atoms with Gasteiger partial charge >= 0.3 is 0 Å². The summed E-state index contributed by atoms with van der Waals surface area (Å²) in [6, 6.07) is 4.61. The Hall–Kier alpha value is -1.24. The standard InChI is InChI=1S/C14H19N/c1-9(2)13-8-15(5)14-7-11(4)10(3)6-12(13)14/h6-9H,1-5H3. The van der Waals surface area contributed by atoms with E-state index in [4.69, 9.17) is 0 Å². The summed E-state index contributed by atoms with van der Waals surface area (Å²) in [6.07, 6.45) is 2.26. The number of aromatic nitrogens is 1. The number of hydrogen-bond donors (Lipinski definition) is 0. The quantitative estimate of drug-likeness (QED) is 0.659. The lowest BCUT2D eigenvalue weighted by Gasteiger charge is -2.05. The lowest BCUT2D eigenvalue weighted by Crippen LogP contribution is -1.86. The molecule has 0 radical (unpaired) electrons. The maximum atomic E-state index is 2.32. The van der Waals surface area contributed by atoms with E-state index in [9.17, 15) is 0 Å². The molecule has 0 amide bonds. The van der Waals surface area contributed by atoms with Crippen molar-refractivity contribution in [2.75, 3.05) is 0 Å². The molecule has 0 bridgehead atoms. The van der Waals surface area contributed by atoms with Crippen LogP contribution >= 0.6 is 0 Å². The van der Waals surface area contributed by atoms with Crippen molar-refractivity contribution in [1.29, 1.82) is 0 Å². The van der Waals surface area contributed by atoms with Crippen LogP contribution in [0.1, 0.15) is 36.5 Å². The first-order chi connectivity index (χ1) is 7.00. The van der Waals surface area contributed by atoms with Crippen molar-refractivity contribution < 1.29 is 0 Å². The molecular formula is C14H19N. The third-order valence-electron chi connectivity index (χ3n) is 3.26. The predicted octanol–water partition coefficient (Wildman–Crippen LogP) is 3.92. The van der Waals surface area contributed by atoms with Crippen molar-refractivity contribution in [2.24, 2.45) is 7.05 Å². The van der Waals surface area contributed by atoms with Gasteiger partial charge in [-0.2, -0.15) is 0 Å². The number of fused-ring (bicyclic) bond motifs is 1. The monoisotopic (exact) mass is 201 g/mol. The van der Waals surface area contributed by atoms with Crippen molar-refractivity contribution in [3.8, 4) is 0 Å². The Morgan fingerprint density at radius 2 is 1.67 bits per heavy atom. The molecule has 1 aromatic heterocycles. The summed E-state index contributed by atoms with van der Waals surface area (Å²) in [4.78, 5) is 0. The topological polar surface area (TPSA) is 4.93 Å². The summed E-state index contributed by atoms with van der Waals surface area (Å²) >= 11 is 0. The van der Waals surface area contributed by atoms with Gasteiger partial charge in [0.25, 0.3) is 0 Å². The fraction of sp³-hybridized carbons (Fsp3) is 0.429. The van der Waals surface area contributed by atoms with Gasteiger partial charge in [0, 0.05) is 24.1 Å². The van der Waals surface area contributed by atoms with Crippen molar-refractivity contribution in [3.63, 3.8) is 0 Å². The van der Waals surface area contributed by atoms with Crippen LogP contribution in [0.15, 0.2) is 18.3 Å². The molecule has 0 fully saturated rings. The SMILES string of the molecule is Cc1cc2c(C(C)C)cn(C)c2cc1C. The Bertz CT molecular complexity index is 504. The normalized spacial score (nSPS) is 11.6. The summed E-state index contributed by atoms with van der Waals surface area (Å²) in [6.45, 7) is 8.87. The maximum absolute atomic E-state index is 2.32. The highest BCUT2D eigenvalue weighted by Gasteiger charge is 2.10. The fourth-order valence-corrected chi connectivity index (χ4v) is 2.13. The molecule has 1 aromatic carbocycles. The zero-order valence-corrected chi connectivity index (χ0v) is 10.3. The Morgan fingerprint density at radius 3 is 2.27 bits per heavy atom. The summed E-state index contributed by atoms with van der Waals surface area (Å²) in [5.41, 5.74) is 5.56. The van der Waals surface area contributed by atoms with Gasteiger partial charge in [0.1, 0.15) is 0 Å². The first-order valence-electron chi connectivity index (χ1n) is 5.57. The molecule has 0 spiro atoms. The van der Waals surface area contributed by atoms with Gasteiger partial charge in [-0.05, 0) is 48.6 Å². The summed E-state index contributed by atoms with van der Waals surface area (Å²) < 4.78 is 2.23. The van der Waals surface area contributed by atoms with E-state index in [1.54, 1.807) is 0 Å². The van der Waals surface area contributed by atoms with Gasteiger partial charge in [0.15, 0.2) is 0 Å². The van der Waals surface area contributed by atoms with Crippen molar-refractivity contribution in [3.05, 3.63) is 35.0 Å².